The molecule has 1 N–H and O–H groups in total. The summed E-state index contributed by atoms with van der Waals surface area (Å²) in [5.41, 5.74) is -0.646. The van der Waals surface area contributed by atoms with Gasteiger partial charge in [0.25, 0.3) is 10.1 Å². The maximum Gasteiger partial charge on any atom is 0.460 e. The molecule has 0 spiro atoms. The van der Waals surface area contributed by atoms with Gasteiger partial charge in [0.05, 0.1) is 0 Å². The van der Waals surface area contributed by atoms with Crippen LogP contribution in [-0.2, 0) is 19.6 Å². The van der Waals surface area contributed by atoms with Crippen molar-refractivity contribution >= 4 is 10.1 Å². The second-order valence-corrected chi connectivity index (χ2v) is 9.38. The Hall–Kier alpha value is -2.07. The first kappa shape index (κ1) is 36.0. The number of ether oxygens (including phenoxy) is 2. The highest BCUT2D eigenvalue weighted by molar-refractivity contribution is 7.86. The quantitative estimate of drug-likeness (QED) is 0.136. The lowest BCUT2D eigenvalue weighted by Gasteiger charge is -2.37. The van der Waals surface area contributed by atoms with Gasteiger partial charge in [-0.05, 0) is 18.9 Å². The summed E-state index contributed by atoms with van der Waals surface area (Å²) < 4.78 is 247. The molecule has 234 valence electrons. The van der Waals surface area contributed by atoms with Gasteiger partial charge in [-0.25, -0.2) is 9.13 Å². The van der Waals surface area contributed by atoms with Crippen molar-refractivity contribution in [2.75, 3.05) is 13.2 Å². The zero-order valence-corrected chi connectivity index (χ0v) is 19.6. The Morgan fingerprint density at radius 3 is 1.68 bits per heavy atom. The fourth-order valence-corrected chi connectivity index (χ4v) is 3.70. The van der Waals surface area contributed by atoms with Gasteiger partial charge in [0.2, 0.25) is 0 Å². The summed E-state index contributed by atoms with van der Waals surface area (Å²) in [5.74, 6) is -30.7. The molecule has 1 aromatic carbocycles. The van der Waals surface area contributed by atoms with E-state index in [2.05, 4.69) is 4.74 Å². The molecule has 22 heteroatoms. The van der Waals surface area contributed by atoms with E-state index in [0.717, 1.165) is 24.3 Å². The Balaban J connectivity index is 2.99. The molecule has 0 aliphatic heterocycles. The molecule has 1 atom stereocenters. The molecule has 1 rings (SSSR count). The molecular formula is C18H14F16O5S. The van der Waals surface area contributed by atoms with Crippen LogP contribution in [0, 0.1) is 5.82 Å². The molecule has 0 unspecified atom stereocenters. The SMILES string of the molecule is O=S(=O)(O)[C@@H](CCCOCC(F)(F)C(F)(F)C(F)(F)OC(F)(F)C(F)(F)C(F)(F)C(F)(F)F)c1ccccc1F. The largest absolute Gasteiger partial charge is 0.460 e. The minimum absolute atomic E-state index is 0.646. The first-order valence-corrected chi connectivity index (χ1v) is 11.4. The Bertz CT molecular complexity index is 1120. The zero-order valence-electron chi connectivity index (χ0n) is 18.8. The first-order chi connectivity index (χ1) is 17.6. The molecule has 0 aliphatic rings. The van der Waals surface area contributed by atoms with Gasteiger partial charge in [-0.2, -0.15) is 74.3 Å². The molecule has 0 heterocycles. The maximum absolute atomic E-state index is 13.8. The van der Waals surface area contributed by atoms with Gasteiger partial charge < -0.3 is 4.74 Å². The molecule has 0 aliphatic carbocycles. The van der Waals surface area contributed by atoms with Crippen molar-refractivity contribution in [3.63, 3.8) is 0 Å². The molecule has 0 bridgehead atoms. The van der Waals surface area contributed by atoms with E-state index in [9.17, 15) is 83.2 Å². The van der Waals surface area contributed by atoms with Crippen molar-refractivity contribution in [2.24, 2.45) is 0 Å². The number of hydrogen-bond acceptors (Lipinski definition) is 4. The van der Waals surface area contributed by atoms with Crippen molar-refractivity contribution in [1.29, 1.82) is 0 Å². The van der Waals surface area contributed by atoms with Crippen molar-refractivity contribution in [2.45, 2.75) is 60.2 Å². The lowest BCUT2D eigenvalue weighted by atomic mass is 10.1. The Morgan fingerprint density at radius 1 is 0.750 bits per heavy atom. The number of benzene rings is 1. The van der Waals surface area contributed by atoms with Gasteiger partial charge in [-0.15, -0.1) is 0 Å². The summed E-state index contributed by atoms with van der Waals surface area (Å²) in [7, 11) is -5.08. The van der Waals surface area contributed by atoms with Crippen LogP contribution in [-0.4, -0.2) is 68.3 Å². The predicted octanol–water partition coefficient (Wildman–Crippen LogP) is 6.86. The smallest absolute Gasteiger partial charge is 0.375 e. The first-order valence-electron chi connectivity index (χ1n) is 9.89. The van der Waals surface area contributed by atoms with Gasteiger partial charge in [0, 0.05) is 12.2 Å². The number of rotatable bonds is 14. The van der Waals surface area contributed by atoms with E-state index < -0.39 is 94.9 Å². The van der Waals surface area contributed by atoms with Gasteiger partial charge in [-0.1, -0.05) is 18.2 Å². The van der Waals surface area contributed by atoms with Crippen LogP contribution < -0.4 is 0 Å². The topological polar surface area (TPSA) is 72.8 Å². The average Bonchev–Trinajstić information content (AvgIpc) is 2.74. The Labute approximate surface area is 212 Å². The minimum Gasteiger partial charge on any atom is -0.375 e. The van der Waals surface area contributed by atoms with E-state index in [1.54, 1.807) is 0 Å². The van der Waals surface area contributed by atoms with Gasteiger partial charge in [0.1, 0.15) is 17.7 Å². The number of halogens is 16. The number of hydrogen-bond donors (Lipinski definition) is 1. The monoisotopic (exact) mass is 646 g/mol. The molecule has 0 saturated heterocycles. The fraction of sp³-hybridized carbons (Fsp3) is 0.667. The molecule has 5 nitrogen and oxygen atoms in total. The van der Waals surface area contributed by atoms with Crippen LogP contribution in [0.2, 0.25) is 0 Å². The maximum atomic E-state index is 13.8. The third-order valence-corrected chi connectivity index (χ3v) is 6.06. The zero-order chi connectivity index (χ0) is 31.8. The molecule has 1 aromatic rings. The Morgan fingerprint density at radius 2 is 1.23 bits per heavy atom. The van der Waals surface area contributed by atoms with E-state index in [0.29, 0.717) is 0 Å². The predicted molar refractivity (Wildman–Crippen MR) is 97.6 cm³/mol. The normalized spacial score (nSPS) is 15.8. The van der Waals surface area contributed by atoms with E-state index in [-0.39, 0.29) is 0 Å². The van der Waals surface area contributed by atoms with Gasteiger partial charge >= 0.3 is 42.1 Å². The van der Waals surface area contributed by atoms with Gasteiger partial charge in [-0.3, -0.25) is 4.55 Å². The van der Waals surface area contributed by atoms with Gasteiger partial charge in [0.15, 0.2) is 0 Å². The van der Waals surface area contributed by atoms with Crippen molar-refractivity contribution in [1.82, 2.24) is 0 Å². The molecule has 0 radical (unpaired) electrons. The lowest BCUT2D eigenvalue weighted by Crippen LogP contribution is -2.66. The summed E-state index contributed by atoms with van der Waals surface area (Å²) in [5, 5.41) is -2.07. The van der Waals surface area contributed by atoms with Crippen LogP contribution in [0.3, 0.4) is 0 Å². The molecule has 0 aromatic heterocycles. The average molecular weight is 646 g/mol. The fourth-order valence-electron chi connectivity index (χ4n) is 2.73. The third kappa shape index (κ3) is 7.04. The van der Waals surface area contributed by atoms with Crippen LogP contribution in [0.5, 0.6) is 0 Å². The standard InChI is InChI=1S/C18H14F16O5S/c19-10-5-2-1-4-9(10)11(40(35,36)37)6-3-7-38-8-12(20,21)13(22,23)17(31,32)39-18(33,34)15(26,27)14(24,25)16(28,29)30/h1-2,4-5,11H,3,6-8H2,(H,35,36,37)/t11-/m0/s1. The highest BCUT2D eigenvalue weighted by atomic mass is 32.2. The van der Waals surface area contributed by atoms with Crippen LogP contribution >= 0.6 is 0 Å². The molecule has 0 fully saturated rings. The van der Waals surface area contributed by atoms with Crippen LogP contribution in [0.1, 0.15) is 23.7 Å². The van der Waals surface area contributed by atoms with Crippen LogP contribution in [0.25, 0.3) is 0 Å². The van der Waals surface area contributed by atoms with Crippen LogP contribution in [0.4, 0.5) is 70.2 Å². The third-order valence-electron chi connectivity index (χ3n) is 4.85. The molecular weight excluding hydrogens is 632 g/mol. The molecule has 40 heavy (non-hydrogen) atoms. The summed E-state index contributed by atoms with van der Waals surface area (Å²) in [6.07, 6.45) is -24.6. The highest BCUT2D eigenvalue weighted by Crippen LogP contribution is 2.57. The Kier molecular flexibility index (Phi) is 10.2. The second kappa shape index (κ2) is 11.3. The van der Waals surface area contributed by atoms with Crippen molar-refractivity contribution in [3.8, 4) is 0 Å². The lowest BCUT2D eigenvalue weighted by molar-refractivity contribution is -0.513. The summed E-state index contributed by atoms with van der Waals surface area (Å²) in [6, 6.07) is 3.83. The molecule has 0 amide bonds. The minimum atomic E-state index is -8.01. The summed E-state index contributed by atoms with van der Waals surface area (Å²) in [4.78, 5) is 0. The van der Waals surface area contributed by atoms with E-state index in [4.69, 9.17) is 0 Å². The van der Waals surface area contributed by atoms with E-state index in [1.165, 1.54) is 4.74 Å². The second-order valence-electron chi connectivity index (χ2n) is 7.78. The summed E-state index contributed by atoms with van der Waals surface area (Å²) in [6.45, 7) is -4.15. The molecule has 0 saturated carbocycles. The number of alkyl halides is 15. The van der Waals surface area contributed by atoms with E-state index in [1.807, 2.05) is 0 Å². The van der Waals surface area contributed by atoms with Crippen molar-refractivity contribution < 1.29 is 92.7 Å². The van der Waals surface area contributed by atoms with Crippen LogP contribution in [0.15, 0.2) is 24.3 Å². The van der Waals surface area contributed by atoms with Crippen molar-refractivity contribution in [3.05, 3.63) is 35.6 Å². The highest BCUT2D eigenvalue weighted by Gasteiger charge is 2.86. The van der Waals surface area contributed by atoms with E-state index >= 15 is 0 Å². The summed E-state index contributed by atoms with van der Waals surface area (Å²) >= 11 is 0.